The molecule has 0 aromatic heterocycles. The van der Waals surface area contributed by atoms with Gasteiger partial charge < -0.3 is 4.74 Å². The van der Waals surface area contributed by atoms with E-state index in [0.29, 0.717) is 6.07 Å². The van der Waals surface area contributed by atoms with E-state index in [1.165, 1.54) is 0 Å². The first-order valence-corrected chi connectivity index (χ1v) is 5.06. The summed E-state index contributed by atoms with van der Waals surface area (Å²) in [6, 6.07) is 2.26. The third-order valence-corrected chi connectivity index (χ3v) is 2.67. The Labute approximate surface area is 107 Å². The molecule has 0 spiro atoms. The van der Waals surface area contributed by atoms with Crippen molar-refractivity contribution in [3.63, 3.8) is 0 Å². The van der Waals surface area contributed by atoms with Gasteiger partial charge in [-0.15, -0.1) is 0 Å². The number of benzene rings is 1. The zero-order valence-corrected chi connectivity index (χ0v) is 9.30. The molecule has 2 rings (SSSR count). The number of ether oxygens (including phenoxy) is 1. The molecule has 0 radical (unpaired) electrons. The van der Waals surface area contributed by atoms with Crippen LogP contribution in [0.3, 0.4) is 0 Å². The van der Waals surface area contributed by atoms with Crippen LogP contribution in [0.2, 0.25) is 0 Å². The monoisotopic (exact) mass is 298 g/mol. The zero-order valence-electron chi connectivity index (χ0n) is 9.30. The first kappa shape index (κ1) is 14.4. The molecular weight excluding hydrogens is 294 g/mol. The number of hydrogen-bond donors (Lipinski definition) is 0. The largest absolute Gasteiger partial charge is 0.404 e. The average Bonchev–Trinajstić information content (AvgIpc) is 2.51. The van der Waals surface area contributed by atoms with Crippen molar-refractivity contribution in [2.75, 3.05) is 0 Å². The summed E-state index contributed by atoms with van der Waals surface area (Å²) < 4.78 is 79.9. The summed E-state index contributed by atoms with van der Waals surface area (Å²) in [7, 11) is 0. The first-order chi connectivity index (χ1) is 9.03. The van der Waals surface area contributed by atoms with E-state index in [0.717, 1.165) is 12.1 Å². The van der Waals surface area contributed by atoms with Crippen LogP contribution >= 0.6 is 0 Å². The van der Waals surface area contributed by atoms with E-state index >= 15 is 0 Å². The fourth-order valence-corrected chi connectivity index (χ4v) is 1.94. The third kappa shape index (κ3) is 2.23. The topological polar surface area (TPSA) is 43.4 Å². The molecule has 9 heteroatoms. The van der Waals surface area contributed by atoms with Gasteiger partial charge in [-0.3, -0.25) is 0 Å². The number of hydrogen-bond acceptors (Lipinski definition) is 3. The van der Waals surface area contributed by atoms with Gasteiger partial charge in [0, 0.05) is 0 Å². The summed E-state index contributed by atoms with van der Waals surface area (Å²) in [5.74, 6) is -6.64. The molecule has 0 bridgehead atoms. The molecule has 108 valence electrons. The van der Waals surface area contributed by atoms with Gasteiger partial charge >= 0.3 is 24.3 Å². The molecule has 1 aromatic carbocycles. The quantitative estimate of drug-likeness (QED) is 0.454. The van der Waals surface area contributed by atoms with Gasteiger partial charge in [0.2, 0.25) is 0 Å². The second-order valence-corrected chi connectivity index (χ2v) is 3.96. The molecular formula is C11H4F6O3. The number of fused-ring (bicyclic) bond motifs is 1. The van der Waals surface area contributed by atoms with Crippen molar-refractivity contribution in [3.05, 3.63) is 34.9 Å². The van der Waals surface area contributed by atoms with Gasteiger partial charge in [-0.25, -0.2) is 9.59 Å². The lowest BCUT2D eigenvalue weighted by Crippen LogP contribution is -2.35. The zero-order chi connectivity index (χ0) is 15.3. The van der Waals surface area contributed by atoms with Crippen LogP contribution in [0.15, 0.2) is 18.2 Å². The minimum absolute atomic E-state index is 0.504. The van der Waals surface area contributed by atoms with E-state index in [1.54, 1.807) is 0 Å². The van der Waals surface area contributed by atoms with Gasteiger partial charge in [-0.05, 0) is 11.6 Å². The Morgan fingerprint density at radius 3 is 1.95 bits per heavy atom. The summed E-state index contributed by atoms with van der Waals surface area (Å²) >= 11 is 0. The van der Waals surface area contributed by atoms with E-state index in [4.69, 9.17) is 0 Å². The van der Waals surface area contributed by atoms with Crippen molar-refractivity contribution in [1.82, 2.24) is 0 Å². The maximum Gasteiger partial charge on any atom is 0.404 e. The minimum atomic E-state index is -5.65. The lowest BCUT2D eigenvalue weighted by atomic mass is 9.91. The highest BCUT2D eigenvalue weighted by atomic mass is 19.4. The van der Waals surface area contributed by atoms with Crippen molar-refractivity contribution >= 4 is 11.9 Å². The fraction of sp³-hybridized carbons (Fsp3) is 0.273. The molecule has 0 unspecified atom stereocenters. The number of cyclic esters (lactones) is 2. The normalized spacial score (nSPS) is 15.6. The Kier molecular flexibility index (Phi) is 3.03. The Morgan fingerprint density at radius 1 is 0.900 bits per heavy atom. The lowest BCUT2D eigenvalue weighted by molar-refractivity contribution is -0.253. The van der Waals surface area contributed by atoms with Gasteiger partial charge in [0.15, 0.2) is 5.92 Å². The molecule has 0 atom stereocenters. The van der Waals surface area contributed by atoms with E-state index in [-0.39, 0.29) is 0 Å². The maximum atomic E-state index is 12.6. The van der Waals surface area contributed by atoms with Gasteiger partial charge in [0.25, 0.3) is 0 Å². The lowest BCUT2D eigenvalue weighted by Gasteiger charge is -2.24. The minimum Gasteiger partial charge on any atom is -0.386 e. The summed E-state index contributed by atoms with van der Waals surface area (Å²) in [5.41, 5.74) is -2.93. The first-order valence-electron chi connectivity index (χ1n) is 5.06. The molecule has 1 aliphatic heterocycles. The number of carbonyl (C=O) groups is 2. The predicted octanol–water partition coefficient (Wildman–Crippen LogP) is 3.21. The fourth-order valence-electron chi connectivity index (χ4n) is 1.94. The Morgan fingerprint density at radius 2 is 1.45 bits per heavy atom. The second-order valence-electron chi connectivity index (χ2n) is 3.96. The Balaban J connectivity index is 2.69. The molecule has 1 heterocycles. The maximum absolute atomic E-state index is 12.6. The van der Waals surface area contributed by atoms with Crippen LogP contribution in [-0.4, -0.2) is 24.3 Å². The molecule has 0 fully saturated rings. The average molecular weight is 298 g/mol. The van der Waals surface area contributed by atoms with E-state index in [2.05, 4.69) is 4.74 Å². The van der Waals surface area contributed by atoms with Crippen LogP contribution in [0.5, 0.6) is 0 Å². The summed E-state index contributed by atoms with van der Waals surface area (Å²) in [6.45, 7) is 0. The number of rotatable bonds is 1. The van der Waals surface area contributed by atoms with Crippen LogP contribution in [0.25, 0.3) is 0 Å². The molecule has 0 N–H and O–H groups in total. The molecule has 0 amide bonds. The van der Waals surface area contributed by atoms with Crippen LogP contribution in [0, 0.1) is 0 Å². The summed E-state index contributed by atoms with van der Waals surface area (Å²) in [5, 5.41) is 0. The van der Waals surface area contributed by atoms with Crippen LogP contribution in [-0.2, 0) is 4.74 Å². The van der Waals surface area contributed by atoms with Crippen molar-refractivity contribution in [2.24, 2.45) is 0 Å². The van der Waals surface area contributed by atoms with E-state index in [1.807, 2.05) is 0 Å². The molecule has 1 aliphatic rings. The molecule has 3 nitrogen and oxygen atoms in total. The van der Waals surface area contributed by atoms with Gasteiger partial charge in [-0.1, -0.05) is 12.1 Å². The van der Waals surface area contributed by atoms with Crippen molar-refractivity contribution in [2.45, 2.75) is 18.3 Å². The van der Waals surface area contributed by atoms with E-state index in [9.17, 15) is 35.9 Å². The SMILES string of the molecule is O=C1OC(=O)c2c1cccc2C(C(F)(F)F)C(F)(F)F. The standard InChI is InChI=1S/C11H4F6O3/c12-10(13,14)7(11(15,16)17)4-2-1-3-5-6(4)9(19)20-8(5)18/h1-3,7H. The van der Waals surface area contributed by atoms with Gasteiger partial charge in [-0.2, -0.15) is 26.3 Å². The highest BCUT2D eigenvalue weighted by Crippen LogP contribution is 2.48. The van der Waals surface area contributed by atoms with Crippen molar-refractivity contribution in [3.8, 4) is 0 Å². The van der Waals surface area contributed by atoms with Crippen LogP contribution < -0.4 is 0 Å². The number of carbonyl (C=O) groups excluding carboxylic acids is 2. The molecule has 0 saturated heterocycles. The number of alkyl halides is 6. The summed E-state index contributed by atoms with van der Waals surface area (Å²) in [4.78, 5) is 22.4. The predicted molar refractivity (Wildman–Crippen MR) is 51.0 cm³/mol. The van der Waals surface area contributed by atoms with Crippen molar-refractivity contribution < 1.29 is 40.7 Å². The summed E-state index contributed by atoms with van der Waals surface area (Å²) in [6.07, 6.45) is -11.3. The Bertz CT molecular complexity index is 573. The highest BCUT2D eigenvalue weighted by Gasteiger charge is 2.59. The highest BCUT2D eigenvalue weighted by molar-refractivity contribution is 6.15. The van der Waals surface area contributed by atoms with Gasteiger partial charge in [0.1, 0.15) is 0 Å². The van der Waals surface area contributed by atoms with E-state index < -0.39 is 46.9 Å². The van der Waals surface area contributed by atoms with Crippen molar-refractivity contribution in [1.29, 1.82) is 0 Å². The smallest absolute Gasteiger partial charge is 0.386 e. The Hall–Kier alpha value is -2.06. The van der Waals surface area contributed by atoms with Gasteiger partial charge in [0.05, 0.1) is 11.1 Å². The van der Waals surface area contributed by atoms with Crippen LogP contribution in [0.1, 0.15) is 32.2 Å². The second kappa shape index (κ2) is 4.22. The molecule has 1 aromatic rings. The third-order valence-electron chi connectivity index (χ3n) is 2.67. The molecule has 0 aliphatic carbocycles. The molecule has 20 heavy (non-hydrogen) atoms. The number of halogens is 6. The number of esters is 2. The molecule has 0 saturated carbocycles. The van der Waals surface area contributed by atoms with Crippen LogP contribution in [0.4, 0.5) is 26.3 Å².